The van der Waals surface area contributed by atoms with E-state index in [1.54, 1.807) is 12.4 Å². The van der Waals surface area contributed by atoms with Gasteiger partial charge in [-0.25, -0.2) is 4.79 Å². The molecule has 22 heavy (non-hydrogen) atoms. The molecule has 1 aliphatic heterocycles. The summed E-state index contributed by atoms with van der Waals surface area (Å²) in [6, 6.07) is 4.20. The first-order valence-corrected chi connectivity index (χ1v) is 7.94. The molecule has 0 radical (unpaired) electrons. The molecule has 3 rings (SSSR count). The van der Waals surface area contributed by atoms with Gasteiger partial charge in [-0.15, -0.1) is 0 Å². The van der Waals surface area contributed by atoms with E-state index >= 15 is 0 Å². The van der Waals surface area contributed by atoms with Crippen LogP contribution in [0.2, 0.25) is 0 Å². The lowest BCUT2D eigenvalue weighted by molar-refractivity contribution is -0.126. The van der Waals surface area contributed by atoms with Gasteiger partial charge >= 0.3 is 6.03 Å². The van der Waals surface area contributed by atoms with Crippen molar-refractivity contribution in [3.05, 3.63) is 30.1 Å². The third-order valence-electron chi connectivity index (χ3n) is 4.27. The van der Waals surface area contributed by atoms with Crippen LogP contribution in [0.3, 0.4) is 0 Å². The van der Waals surface area contributed by atoms with Crippen molar-refractivity contribution in [1.82, 2.24) is 20.5 Å². The molecule has 2 aliphatic rings. The largest absolute Gasteiger partial charge is 0.352 e. The van der Waals surface area contributed by atoms with Crippen LogP contribution in [-0.2, 0) is 11.3 Å². The van der Waals surface area contributed by atoms with E-state index in [9.17, 15) is 9.59 Å². The van der Waals surface area contributed by atoms with Crippen LogP contribution in [-0.4, -0.2) is 41.0 Å². The van der Waals surface area contributed by atoms with Crippen molar-refractivity contribution in [2.45, 2.75) is 38.3 Å². The molecule has 1 aromatic rings. The third-order valence-corrected chi connectivity index (χ3v) is 4.27. The molecule has 2 fully saturated rings. The zero-order chi connectivity index (χ0) is 15.4. The fourth-order valence-electron chi connectivity index (χ4n) is 2.67. The summed E-state index contributed by atoms with van der Waals surface area (Å²) < 4.78 is 0. The van der Waals surface area contributed by atoms with Crippen LogP contribution in [0.5, 0.6) is 0 Å². The number of urea groups is 1. The summed E-state index contributed by atoms with van der Waals surface area (Å²) in [6.45, 7) is 1.85. The number of carbonyl (C=O) groups is 2. The summed E-state index contributed by atoms with van der Waals surface area (Å²) in [4.78, 5) is 29.9. The van der Waals surface area contributed by atoms with Crippen LogP contribution >= 0.6 is 0 Å². The molecule has 1 aliphatic carbocycles. The lowest BCUT2D eigenvalue weighted by Gasteiger charge is -2.31. The Labute approximate surface area is 130 Å². The topological polar surface area (TPSA) is 74.3 Å². The number of carbonyl (C=O) groups excluding carboxylic acids is 2. The number of pyridine rings is 1. The van der Waals surface area contributed by atoms with E-state index in [4.69, 9.17) is 0 Å². The summed E-state index contributed by atoms with van der Waals surface area (Å²) in [5.41, 5.74) is 1.05. The number of rotatable bonds is 4. The molecule has 118 valence electrons. The van der Waals surface area contributed by atoms with Crippen LogP contribution < -0.4 is 10.6 Å². The van der Waals surface area contributed by atoms with Crippen molar-refractivity contribution in [1.29, 1.82) is 0 Å². The second-order valence-corrected chi connectivity index (χ2v) is 6.06. The normalized spacial score (nSPS) is 18.8. The number of nitrogens with zero attached hydrogens (tertiary/aromatic N) is 2. The van der Waals surface area contributed by atoms with E-state index in [-0.39, 0.29) is 17.9 Å². The van der Waals surface area contributed by atoms with Crippen LogP contribution in [0, 0.1) is 5.92 Å². The lowest BCUT2D eigenvalue weighted by atomic mass is 9.96. The quantitative estimate of drug-likeness (QED) is 0.880. The smallest absolute Gasteiger partial charge is 0.317 e. The van der Waals surface area contributed by atoms with Gasteiger partial charge in [0.25, 0.3) is 0 Å². The number of hydrogen-bond donors (Lipinski definition) is 2. The minimum atomic E-state index is 0.00631. The van der Waals surface area contributed by atoms with Crippen LogP contribution in [0.15, 0.2) is 24.5 Å². The van der Waals surface area contributed by atoms with E-state index in [1.165, 1.54) is 0 Å². The van der Waals surface area contributed by atoms with Gasteiger partial charge in [-0.05, 0) is 43.4 Å². The van der Waals surface area contributed by atoms with Crippen LogP contribution in [0.4, 0.5) is 4.79 Å². The number of likely N-dealkylation sites (tertiary alicyclic amines) is 1. The fraction of sp³-hybridized carbons (Fsp3) is 0.562. The van der Waals surface area contributed by atoms with E-state index in [1.807, 2.05) is 17.0 Å². The first kappa shape index (κ1) is 14.8. The maximum Gasteiger partial charge on any atom is 0.317 e. The van der Waals surface area contributed by atoms with Crippen molar-refractivity contribution in [2.24, 2.45) is 5.92 Å². The Hall–Kier alpha value is -2.11. The Balaban J connectivity index is 1.40. The van der Waals surface area contributed by atoms with Crippen molar-refractivity contribution in [3.8, 4) is 0 Å². The van der Waals surface area contributed by atoms with Gasteiger partial charge in [0.2, 0.25) is 5.91 Å². The Morgan fingerprint density at radius 1 is 1.14 bits per heavy atom. The van der Waals surface area contributed by atoms with Gasteiger partial charge in [0.15, 0.2) is 0 Å². The molecule has 2 N–H and O–H groups in total. The molecule has 6 heteroatoms. The SMILES string of the molecule is O=C(NCc1ccncc1)C1CCN(C(=O)NC2CC2)CC1. The summed E-state index contributed by atoms with van der Waals surface area (Å²) in [7, 11) is 0. The van der Waals surface area contributed by atoms with Gasteiger partial charge in [-0.2, -0.15) is 0 Å². The minimum absolute atomic E-state index is 0.00631. The third kappa shape index (κ3) is 3.96. The Morgan fingerprint density at radius 2 is 1.82 bits per heavy atom. The van der Waals surface area contributed by atoms with Crippen molar-refractivity contribution < 1.29 is 9.59 Å². The molecular formula is C16H22N4O2. The molecule has 1 aromatic heterocycles. The summed E-state index contributed by atoms with van der Waals surface area (Å²) in [5, 5.41) is 5.96. The molecule has 2 heterocycles. The highest BCUT2D eigenvalue weighted by atomic mass is 16.2. The van der Waals surface area contributed by atoms with Gasteiger partial charge < -0.3 is 15.5 Å². The maximum absolute atomic E-state index is 12.2. The molecule has 3 amide bonds. The van der Waals surface area contributed by atoms with Gasteiger partial charge in [0.05, 0.1) is 0 Å². The first-order chi connectivity index (χ1) is 10.7. The molecule has 6 nitrogen and oxygen atoms in total. The molecule has 1 saturated heterocycles. The zero-order valence-corrected chi connectivity index (χ0v) is 12.6. The Bertz CT molecular complexity index is 522. The predicted molar refractivity (Wildman–Crippen MR) is 81.9 cm³/mol. The molecule has 0 spiro atoms. The van der Waals surface area contributed by atoms with Crippen molar-refractivity contribution >= 4 is 11.9 Å². The number of hydrogen-bond acceptors (Lipinski definition) is 3. The summed E-state index contributed by atoms with van der Waals surface area (Å²) >= 11 is 0. The van der Waals surface area contributed by atoms with Crippen LogP contribution in [0.1, 0.15) is 31.2 Å². The molecular weight excluding hydrogens is 280 g/mol. The maximum atomic E-state index is 12.2. The highest BCUT2D eigenvalue weighted by Crippen LogP contribution is 2.21. The molecule has 1 saturated carbocycles. The summed E-state index contributed by atoms with van der Waals surface area (Å²) in [6.07, 6.45) is 7.11. The molecule has 0 atom stereocenters. The van der Waals surface area contributed by atoms with E-state index in [0.717, 1.165) is 31.2 Å². The summed E-state index contributed by atoms with van der Waals surface area (Å²) in [5.74, 6) is 0.0888. The zero-order valence-electron chi connectivity index (χ0n) is 12.6. The lowest BCUT2D eigenvalue weighted by Crippen LogP contribution is -2.47. The van der Waals surface area contributed by atoms with Gasteiger partial charge in [-0.1, -0.05) is 0 Å². The fourth-order valence-corrected chi connectivity index (χ4v) is 2.67. The average molecular weight is 302 g/mol. The van der Waals surface area contributed by atoms with Gasteiger partial charge in [0.1, 0.15) is 0 Å². The van der Waals surface area contributed by atoms with Crippen LogP contribution in [0.25, 0.3) is 0 Å². The Morgan fingerprint density at radius 3 is 2.45 bits per heavy atom. The highest BCUT2D eigenvalue weighted by Gasteiger charge is 2.30. The van der Waals surface area contributed by atoms with E-state index in [2.05, 4.69) is 15.6 Å². The second-order valence-electron chi connectivity index (χ2n) is 6.06. The monoisotopic (exact) mass is 302 g/mol. The number of piperidine rings is 1. The number of aromatic nitrogens is 1. The molecule has 0 bridgehead atoms. The van der Waals surface area contributed by atoms with Gasteiger partial charge in [0, 0.05) is 44.0 Å². The number of amides is 3. The standard InChI is InChI=1S/C16H22N4O2/c21-15(18-11-12-3-7-17-8-4-12)13-5-9-20(10-6-13)16(22)19-14-1-2-14/h3-4,7-8,13-14H,1-2,5-6,9-11H2,(H,18,21)(H,19,22). The molecule has 0 aromatic carbocycles. The highest BCUT2D eigenvalue weighted by molar-refractivity contribution is 5.79. The van der Waals surface area contributed by atoms with E-state index < -0.39 is 0 Å². The second kappa shape index (κ2) is 6.77. The predicted octanol–water partition coefficient (Wildman–Crippen LogP) is 1.28. The first-order valence-electron chi connectivity index (χ1n) is 7.94. The van der Waals surface area contributed by atoms with Crippen molar-refractivity contribution in [3.63, 3.8) is 0 Å². The minimum Gasteiger partial charge on any atom is -0.352 e. The van der Waals surface area contributed by atoms with Crippen molar-refractivity contribution in [2.75, 3.05) is 13.1 Å². The average Bonchev–Trinajstić information content (AvgIpc) is 3.37. The Kier molecular flexibility index (Phi) is 4.56. The molecule has 0 unspecified atom stereocenters. The van der Waals surface area contributed by atoms with Gasteiger partial charge in [-0.3, -0.25) is 9.78 Å². The van der Waals surface area contributed by atoms with E-state index in [0.29, 0.717) is 25.7 Å². The number of nitrogens with one attached hydrogen (secondary N) is 2.